The second kappa shape index (κ2) is 5.05. The summed E-state index contributed by atoms with van der Waals surface area (Å²) in [6.45, 7) is 0. The van der Waals surface area contributed by atoms with E-state index < -0.39 is 0 Å². The van der Waals surface area contributed by atoms with Crippen LogP contribution in [0.25, 0.3) is 22.6 Å². The van der Waals surface area contributed by atoms with Crippen LogP contribution in [0.3, 0.4) is 0 Å². The monoisotopic (exact) mass is 267 g/mol. The predicted molar refractivity (Wildman–Crippen MR) is 71.8 cm³/mol. The smallest absolute Gasteiger partial charge is 0.360 e. The number of nitrogens with zero attached hydrogens (tertiary/aromatic N) is 3. The zero-order valence-electron chi connectivity index (χ0n) is 10.4. The number of hydrogen-bond donors (Lipinski definition) is 0. The maximum Gasteiger partial charge on any atom is 0.360 e. The van der Waals surface area contributed by atoms with E-state index in [2.05, 4.69) is 10.2 Å². The number of aromatic nitrogens is 3. The lowest BCUT2D eigenvalue weighted by molar-refractivity contribution is -0.596. The molecule has 0 radical (unpaired) electrons. The van der Waals surface area contributed by atoms with Gasteiger partial charge >= 0.3 is 5.82 Å². The van der Waals surface area contributed by atoms with Crippen molar-refractivity contribution in [3.8, 4) is 22.6 Å². The molecule has 3 aromatic rings. The van der Waals surface area contributed by atoms with Crippen LogP contribution in [0.1, 0.15) is 0 Å². The lowest BCUT2D eigenvalue weighted by Gasteiger charge is -2.06. The third kappa shape index (κ3) is 2.33. The molecule has 98 valence electrons. The first-order chi connectivity index (χ1) is 9.74. The minimum Gasteiger partial charge on any atom is -0.710 e. The summed E-state index contributed by atoms with van der Waals surface area (Å²) in [5.41, 5.74) is 1.53. The minimum absolute atomic E-state index is 0.214. The third-order valence-electron chi connectivity index (χ3n) is 2.85. The van der Waals surface area contributed by atoms with Crippen molar-refractivity contribution in [3.05, 3.63) is 71.8 Å². The van der Waals surface area contributed by atoms with E-state index in [1.54, 1.807) is 24.3 Å². The number of benzene rings is 2. The first-order valence-electron chi connectivity index (χ1n) is 6.02. The van der Waals surface area contributed by atoms with Gasteiger partial charge in [-0.25, -0.2) is 9.12 Å². The average Bonchev–Trinajstić information content (AvgIpc) is 2.48. The van der Waals surface area contributed by atoms with Gasteiger partial charge in [0.25, 0.3) is 0 Å². The Bertz CT molecular complexity index is 747. The molecule has 0 unspecified atom stereocenters. The van der Waals surface area contributed by atoms with Crippen molar-refractivity contribution in [2.75, 3.05) is 0 Å². The molecule has 0 atom stereocenters. The minimum atomic E-state index is -0.381. The number of hydrogen-bond acceptors (Lipinski definition) is 3. The highest BCUT2D eigenvalue weighted by atomic mass is 19.1. The molecule has 0 bridgehead atoms. The maximum absolute atomic E-state index is 13.2. The highest BCUT2D eigenvalue weighted by Gasteiger charge is 2.14. The summed E-state index contributed by atoms with van der Waals surface area (Å²) in [6.07, 6.45) is 1.30. The topological polar surface area (TPSA) is 52.7 Å². The van der Waals surface area contributed by atoms with Crippen LogP contribution < -0.4 is 4.73 Å². The summed E-state index contributed by atoms with van der Waals surface area (Å²) in [7, 11) is 0. The van der Waals surface area contributed by atoms with E-state index >= 15 is 0 Å². The zero-order valence-corrected chi connectivity index (χ0v) is 10.4. The molecule has 0 fully saturated rings. The molecule has 1 heterocycles. The Hall–Kier alpha value is -2.82. The summed E-state index contributed by atoms with van der Waals surface area (Å²) in [6, 6.07) is 14.9. The van der Waals surface area contributed by atoms with E-state index in [1.807, 2.05) is 18.2 Å². The zero-order chi connectivity index (χ0) is 13.9. The first kappa shape index (κ1) is 12.2. The molecule has 3 rings (SSSR count). The van der Waals surface area contributed by atoms with Crippen LogP contribution >= 0.6 is 0 Å². The van der Waals surface area contributed by atoms with Gasteiger partial charge in [0.1, 0.15) is 12.0 Å². The standard InChI is InChI=1S/C15H10FN3O/c16-13-8-4-7-12(9-13)14-10-19(20)15(18-17-14)11-5-2-1-3-6-11/h1-10H. The third-order valence-corrected chi connectivity index (χ3v) is 2.85. The normalized spacial score (nSPS) is 10.4. The van der Waals surface area contributed by atoms with Crippen LogP contribution in [0.4, 0.5) is 4.39 Å². The molecule has 0 amide bonds. The molecule has 0 aliphatic carbocycles. The van der Waals surface area contributed by atoms with Gasteiger partial charge in [-0.05, 0) is 29.4 Å². The highest BCUT2D eigenvalue weighted by molar-refractivity contribution is 5.58. The molecule has 0 N–H and O–H groups in total. The van der Waals surface area contributed by atoms with E-state index in [1.165, 1.54) is 18.3 Å². The Morgan fingerprint density at radius 2 is 1.65 bits per heavy atom. The van der Waals surface area contributed by atoms with Crippen molar-refractivity contribution in [1.29, 1.82) is 0 Å². The second-order valence-electron chi connectivity index (χ2n) is 4.24. The summed E-state index contributed by atoms with van der Waals surface area (Å²) in [4.78, 5) is 0. The lowest BCUT2D eigenvalue weighted by Crippen LogP contribution is -2.31. The molecule has 0 spiro atoms. The average molecular weight is 267 g/mol. The Morgan fingerprint density at radius 3 is 2.35 bits per heavy atom. The molecule has 0 saturated carbocycles. The van der Waals surface area contributed by atoms with Crippen molar-refractivity contribution < 1.29 is 9.12 Å². The van der Waals surface area contributed by atoms with E-state index in [0.29, 0.717) is 21.6 Å². The Balaban J connectivity index is 2.04. The van der Waals surface area contributed by atoms with Gasteiger partial charge in [0.05, 0.1) is 10.7 Å². The largest absolute Gasteiger partial charge is 0.710 e. The van der Waals surface area contributed by atoms with E-state index in [0.717, 1.165) is 0 Å². The fourth-order valence-electron chi connectivity index (χ4n) is 1.90. The maximum atomic E-state index is 13.2. The van der Waals surface area contributed by atoms with Gasteiger partial charge < -0.3 is 5.21 Å². The van der Waals surface area contributed by atoms with Crippen molar-refractivity contribution in [2.45, 2.75) is 0 Å². The van der Waals surface area contributed by atoms with Crippen molar-refractivity contribution >= 4 is 0 Å². The van der Waals surface area contributed by atoms with Gasteiger partial charge in [-0.15, -0.1) is 0 Å². The Labute approximate surface area is 114 Å². The summed E-state index contributed by atoms with van der Waals surface area (Å²) >= 11 is 0. The molecule has 0 saturated heterocycles. The number of halogens is 1. The van der Waals surface area contributed by atoms with Gasteiger partial charge in [-0.3, -0.25) is 0 Å². The quantitative estimate of drug-likeness (QED) is 0.529. The van der Waals surface area contributed by atoms with Gasteiger partial charge in [-0.2, -0.15) is 0 Å². The molecule has 2 aromatic carbocycles. The molecule has 20 heavy (non-hydrogen) atoms. The lowest BCUT2D eigenvalue weighted by atomic mass is 10.1. The van der Waals surface area contributed by atoms with E-state index in [-0.39, 0.29) is 11.6 Å². The summed E-state index contributed by atoms with van der Waals surface area (Å²) < 4.78 is 13.8. The molecular weight excluding hydrogens is 257 g/mol. The Morgan fingerprint density at radius 1 is 0.900 bits per heavy atom. The fourth-order valence-corrected chi connectivity index (χ4v) is 1.90. The van der Waals surface area contributed by atoms with Crippen LogP contribution in [-0.2, 0) is 0 Å². The van der Waals surface area contributed by atoms with Gasteiger partial charge in [0.2, 0.25) is 0 Å². The van der Waals surface area contributed by atoms with Gasteiger partial charge in [0, 0.05) is 5.56 Å². The van der Waals surface area contributed by atoms with Gasteiger partial charge in [-0.1, -0.05) is 30.3 Å². The molecule has 5 heteroatoms. The number of rotatable bonds is 2. The van der Waals surface area contributed by atoms with Gasteiger partial charge in [0.15, 0.2) is 5.69 Å². The second-order valence-corrected chi connectivity index (χ2v) is 4.24. The molecular formula is C15H10FN3O. The van der Waals surface area contributed by atoms with E-state index in [9.17, 15) is 9.60 Å². The van der Waals surface area contributed by atoms with Crippen LogP contribution in [0.5, 0.6) is 0 Å². The molecule has 1 aromatic heterocycles. The highest BCUT2D eigenvalue weighted by Crippen LogP contribution is 2.17. The first-order valence-corrected chi connectivity index (χ1v) is 6.02. The van der Waals surface area contributed by atoms with Crippen LogP contribution in [0, 0.1) is 11.0 Å². The molecule has 4 nitrogen and oxygen atoms in total. The predicted octanol–water partition coefficient (Wildman–Crippen LogP) is 2.58. The SMILES string of the molecule is [O-][n+]1cc(-c2cccc(F)c2)nnc1-c1ccccc1. The molecule has 0 aliphatic rings. The van der Waals surface area contributed by atoms with Crippen molar-refractivity contribution in [1.82, 2.24) is 10.2 Å². The van der Waals surface area contributed by atoms with Crippen molar-refractivity contribution in [3.63, 3.8) is 0 Å². The Kier molecular flexibility index (Phi) is 3.09. The van der Waals surface area contributed by atoms with Crippen LogP contribution in [0.2, 0.25) is 0 Å². The van der Waals surface area contributed by atoms with E-state index in [4.69, 9.17) is 0 Å². The fraction of sp³-hybridized carbons (Fsp3) is 0. The molecule has 0 aliphatic heterocycles. The van der Waals surface area contributed by atoms with Crippen LogP contribution in [0.15, 0.2) is 60.8 Å². The van der Waals surface area contributed by atoms with Crippen LogP contribution in [-0.4, -0.2) is 10.2 Å². The summed E-state index contributed by atoms with van der Waals surface area (Å²) in [5.74, 6) is -0.167. The summed E-state index contributed by atoms with van der Waals surface area (Å²) in [5, 5.41) is 19.9. The van der Waals surface area contributed by atoms with Crippen molar-refractivity contribution in [2.24, 2.45) is 0 Å².